The summed E-state index contributed by atoms with van der Waals surface area (Å²) < 4.78 is 5.51. The van der Waals surface area contributed by atoms with Gasteiger partial charge in [-0.3, -0.25) is 9.59 Å². The molecule has 1 aromatic heterocycles. The maximum atomic E-state index is 12.0. The van der Waals surface area contributed by atoms with Gasteiger partial charge in [-0.2, -0.15) is 0 Å². The maximum absolute atomic E-state index is 12.0. The number of carboxylic acids is 1. The third-order valence-electron chi connectivity index (χ3n) is 3.84. The zero-order chi connectivity index (χ0) is 17.0. The average molecular weight is 341 g/mol. The Morgan fingerprint density at radius 3 is 2.74 bits per heavy atom. The van der Waals surface area contributed by atoms with Gasteiger partial charge < -0.3 is 15.2 Å². The monoisotopic (exact) mass is 340 g/mol. The largest absolute Gasteiger partial charge is 0.481 e. The van der Waals surface area contributed by atoms with E-state index in [0.717, 1.165) is 0 Å². The molecule has 23 heavy (non-hydrogen) atoms. The van der Waals surface area contributed by atoms with Crippen molar-refractivity contribution in [2.45, 2.75) is 33.1 Å². The molecule has 0 bridgehead atoms. The van der Waals surface area contributed by atoms with Crippen molar-refractivity contribution in [2.75, 3.05) is 13.2 Å². The number of hydrogen-bond acceptors (Lipinski definition) is 4. The number of pyridine rings is 1. The summed E-state index contributed by atoms with van der Waals surface area (Å²) in [6, 6.07) is 1.51. The smallest absolute Gasteiger partial charge is 0.309 e. The molecule has 1 aliphatic rings. The highest BCUT2D eigenvalue weighted by Crippen LogP contribution is 2.31. The fraction of sp³-hybridized carbons (Fsp3) is 0.562. The van der Waals surface area contributed by atoms with Crippen LogP contribution in [0.3, 0.4) is 0 Å². The van der Waals surface area contributed by atoms with E-state index in [1.165, 1.54) is 25.1 Å². The number of carbonyl (C=O) groups is 2. The number of amides is 1. The second-order valence-corrected chi connectivity index (χ2v) is 6.87. The molecule has 6 nitrogen and oxygen atoms in total. The first-order chi connectivity index (χ1) is 10.8. The number of rotatable bonds is 8. The quantitative estimate of drug-likeness (QED) is 0.759. The van der Waals surface area contributed by atoms with Gasteiger partial charge >= 0.3 is 5.97 Å². The van der Waals surface area contributed by atoms with Crippen LogP contribution in [0.4, 0.5) is 0 Å². The highest BCUT2D eigenvalue weighted by atomic mass is 35.5. The first-order valence-electron chi connectivity index (χ1n) is 7.59. The molecule has 0 unspecified atom stereocenters. The molecule has 0 aromatic carbocycles. The normalized spacial score (nSPS) is 14.4. The lowest BCUT2D eigenvalue weighted by atomic mass is 9.90. The number of hydrogen-bond donors (Lipinski definition) is 2. The van der Waals surface area contributed by atoms with E-state index in [0.29, 0.717) is 35.4 Å². The lowest BCUT2D eigenvalue weighted by Gasteiger charge is -2.18. The summed E-state index contributed by atoms with van der Waals surface area (Å²) in [4.78, 5) is 27.1. The molecule has 126 valence electrons. The van der Waals surface area contributed by atoms with Crippen molar-refractivity contribution in [3.63, 3.8) is 0 Å². The summed E-state index contributed by atoms with van der Waals surface area (Å²) >= 11 is 6.08. The molecule has 1 aliphatic carbocycles. The van der Waals surface area contributed by atoms with Crippen molar-refractivity contribution in [2.24, 2.45) is 11.3 Å². The number of carboxylic acid groups (broad SMARTS) is 1. The summed E-state index contributed by atoms with van der Waals surface area (Å²) in [5.41, 5.74) is -0.564. The Morgan fingerprint density at radius 1 is 1.48 bits per heavy atom. The molecule has 1 amide bonds. The molecule has 1 heterocycles. The Labute approximate surface area is 140 Å². The molecule has 1 fully saturated rings. The third-order valence-corrected chi connectivity index (χ3v) is 4.11. The van der Waals surface area contributed by atoms with Crippen LogP contribution in [-0.2, 0) is 4.79 Å². The van der Waals surface area contributed by atoms with E-state index < -0.39 is 11.4 Å². The molecule has 2 rings (SSSR count). The van der Waals surface area contributed by atoms with Gasteiger partial charge in [-0.1, -0.05) is 11.6 Å². The van der Waals surface area contributed by atoms with Gasteiger partial charge in [0.1, 0.15) is 5.02 Å². The van der Waals surface area contributed by atoms with Crippen molar-refractivity contribution in [3.05, 3.63) is 22.8 Å². The van der Waals surface area contributed by atoms with Crippen molar-refractivity contribution in [1.82, 2.24) is 10.3 Å². The van der Waals surface area contributed by atoms with Crippen LogP contribution in [0.1, 0.15) is 43.5 Å². The molecule has 2 N–H and O–H groups in total. The predicted molar refractivity (Wildman–Crippen MR) is 85.8 cm³/mol. The van der Waals surface area contributed by atoms with Crippen LogP contribution < -0.4 is 10.1 Å². The standard InChI is InChI=1S/C16H21ClN2O4/c1-16(2,15(21)22)5-6-18-13(20)11-7-12(17)14(19-8-11)23-9-10-3-4-10/h7-8,10H,3-6,9H2,1-2H3,(H,18,20)(H,21,22). The number of carbonyl (C=O) groups excluding carboxylic acids is 1. The number of halogens is 1. The van der Waals surface area contributed by atoms with E-state index in [4.69, 9.17) is 21.4 Å². The zero-order valence-corrected chi connectivity index (χ0v) is 14.0. The van der Waals surface area contributed by atoms with Gasteiger partial charge in [-0.05, 0) is 45.1 Å². The Morgan fingerprint density at radius 2 is 2.17 bits per heavy atom. The van der Waals surface area contributed by atoms with E-state index in [2.05, 4.69) is 10.3 Å². The van der Waals surface area contributed by atoms with Crippen molar-refractivity contribution >= 4 is 23.5 Å². The molecule has 1 aromatic rings. The molecule has 0 radical (unpaired) electrons. The second kappa shape index (κ2) is 7.17. The lowest BCUT2D eigenvalue weighted by molar-refractivity contribution is -0.147. The predicted octanol–water partition coefficient (Wildman–Crippen LogP) is 2.75. The van der Waals surface area contributed by atoms with Crippen LogP contribution in [0, 0.1) is 11.3 Å². The van der Waals surface area contributed by atoms with Crippen LogP contribution in [0.5, 0.6) is 5.88 Å². The molecular formula is C16H21ClN2O4. The molecule has 0 atom stereocenters. The molecular weight excluding hydrogens is 320 g/mol. The van der Waals surface area contributed by atoms with Crippen molar-refractivity contribution in [1.29, 1.82) is 0 Å². The molecule has 0 spiro atoms. The van der Waals surface area contributed by atoms with E-state index in [1.807, 2.05) is 0 Å². The molecule has 1 saturated carbocycles. The van der Waals surface area contributed by atoms with Gasteiger partial charge in [0.2, 0.25) is 5.88 Å². The summed E-state index contributed by atoms with van der Waals surface area (Å²) in [6.07, 6.45) is 4.08. The van der Waals surface area contributed by atoms with Gasteiger partial charge in [0.15, 0.2) is 0 Å². The minimum Gasteiger partial charge on any atom is -0.481 e. The van der Waals surface area contributed by atoms with E-state index >= 15 is 0 Å². The van der Waals surface area contributed by atoms with E-state index in [-0.39, 0.29) is 12.5 Å². The van der Waals surface area contributed by atoms with E-state index in [9.17, 15) is 9.59 Å². The fourth-order valence-electron chi connectivity index (χ4n) is 1.83. The summed E-state index contributed by atoms with van der Waals surface area (Å²) in [5.74, 6) is -0.307. The second-order valence-electron chi connectivity index (χ2n) is 6.46. The molecule has 7 heteroatoms. The maximum Gasteiger partial charge on any atom is 0.309 e. The highest BCUT2D eigenvalue weighted by Gasteiger charge is 2.26. The van der Waals surface area contributed by atoms with Crippen molar-refractivity contribution in [3.8, 4) is 5.88 Å². The number of aliphatic carboxylic acids is 1. The first kappa shape index (κ1) is 17.5. The fourth-order valence-corrected chi connectivity index (χ4v) is 2.06. The number of nitrogens with zero attached hydrogens (tertiary/aromatic N) is 1. The van der Waals surface area contributed by atoms with Gasteiger partial charge in [0.05, 0.1) is 17.6 Å². The molecule has 0 aliphatic heterocycles. The van der Waals surface area contributed by atoms with Gasteiger partial charge in [-0.25, -0.2) is 4.98 Å². The van der Waals surface area contributed by atoms with Crippen LogP contribution in [0.25, 0.3) is 0 Å². The Hall–Kier alpha value is -1.82. The van der Waals surface area contributed by atoms with Crippen LogP contribution in [0.15, 0.2) is 12.3 Å². The third kappa shape index (κ3) is 5.10. The summed E-state index contributed by atoms with van der Waals surface area (Å²) in [7, 11) is 0. The first-order valence-corrected chi connectivity index (χ1v) is 7.97. The summed E-state index contributed by atoms with van der Waals surface area (Å²) in [5, 5.41) is 12.0. The van der Waals surface area contributed by atoms with E-state index in [1.54, 1.807) is 13.8 Å². The van der Waals surface area contributed by atoms with Crippen molar-refractivity contribution < 1.29 is 19.4 Å². The number of nitrogens with one attached hydrogen (secondary N) is 1. The zero-order valence-electron chi connectivity index (χ0n) is 13.3. The highest BCUT2D eigenvalue weighted by molar-refractivity contribution is 6.32. The Kier molecular flexibility index (Phi) is 5.46. The van der Waals surface area contributed by atoms with Crippen LogP contribution >= 0.6 is 11.6 Å². The van der Waals surface area contributed by atoms with Gasteiger partial charge in [0, 0.05) is 12.7 Å². The minimum absolute atomic E-state index is 0.260. The van der Waals surface area contributed by atoms with Crippen LogP contribution in [-0.4, -0.2) is 35.1 Å². The lowest BCUT2D eigenvalue weighted by Crippen LogP contribution is -2.32. The van der Waals surface area contributed by atoms with Gasteiger partial charge in [0.25, 0.3) is 5.91 Å². The Balaban J connectivity index is 1.86. The summed E-state index contributed by atoms with van der Waals surface area (Å²) in [6.45, 7) is 4.09. The average Bonchev–Trinajstić information content (AvgIpc) is 3.29. The SMILES string of the molecule is CC(C)(CCNC(=O)c1cnc(OCC2CC2)c(Cl)c1)C(=O)O. The number of aromatic nitrogens is 1. The topological polar surface area (TPSA) is 88.5 Å². The number of ether oxygens (including phenoxy) is 1. The van der Waals surface area contributed by atoms with Crippen LogP contribution in [0.2, 0.25) is 5.02 Å². The minimum atomic E-state index is -0.895. The molecule has 0 saturated heterocycles. The van der Waals surface area contributed by atoms with Gasteiger partial charge in [-0.15, -0.1) is 0 Å². The Bertz CT molecular complexity index is 600.